The molecule has 1 aromatic heterocycles. The van der Waals surface area contributed by atoms with Crippen LogP contribution in [-0.4, -0.2) is 33.9 Å². The fourth-order valence-electron chi connectivity index (χ4n) is 1.73. The van der Waals surface area contributed by atoms with E-state index in [1.165, 1.54) is 0 Å². The van der Waals surface area contributed by atoms with Crippen LogP contribution in [0.5, 0.6) is 5.75 Å². The first kappa shape index (κ1) is 14.8. The highest BCUT2D eigenvalue weighted by molar-refractivity contribution is 6.30. The van der Waals surface area contributed by atoms with Crippen molar-refractivity contribution in [3.63, 3.8) is 0 Å². The number of hydrogen-bond donors (Lipinski definition) is 2. The lowest BCUT2D eigenvalue weighted by Crippen LogP contribution is -2.31. The lowest BCUT2D eigenvalue weighted by Gasteiger charge is -2.13. The van der Waals surface area contributed by atoms with Gasteiger partial charge in [0.1, 0.15) is 24.3 Å². The average Bonchev–Trinajstić information content (AvgIpc) is 2.82. The van der Waals surface area contributed by atoms with Gasteiger partial charge >= 0.3 is 0 Å². The molecule has 0 aliphatic heterocycles. The molecule has 0 aliphatic rings. The van der Waals surface area contributed by atoms with Gasteiger partial charge in [0.15, 0.2) is 0 Å². The Hall–Kier alpha value is -1.56. The first-order chi connectivity index (χ1) is 9.65. The molecule has 1 heterocycles. The van der Waals surface area contributed by atoms with Crippen molar-refractivity contribution in [1.82, 2.24) is 14.9 Å². The summed E-state index contributed by atoms with van der Waals surface area (Å²) in [5, 5.41) is 13.6. The van der Waals surface area contributed by atoms with E-state index >= 15 is 0 Å². The van der Waals surface area contributed by atoms with E-state index in [9.17, 15) is 5.11 Å². The SMILES string of the molecule is Cn1ccnc1CNCC(O)COc1cccc(Cl)c1. The Labute approximate surface area is 123 Å². The number of aromatic nitrogens is 2. The van der Waals surface area contributed by atoms with Crippen LogP contribution in [-0.2, 0) is 13.6 Å². The largest absolute Gasteiger partial charge is 0.491 e. The summed E-state index contributed by atoms with van der Waals surface area (Å²) in [6, 6.07) is 7.11. The lowest BCUT2D eigenvalue weighted by atomic mass is 10.3. The monoisotopic (exact) mass is 295 g/mol. The van der Waals surface area contributed by atoms with Crippen LogP contribution in [0.1, 0.15) is 5.82 Å². The molecule has 0 spiro atoms. The predicted octanol–water partition coefficient (Wildman–Crippen LogP) is 1.60. The number of halogens is 1. The van der Waals surface area contributed by atoms with Crippen LogP contribution in [0.4, 0.5) is 0 Å². The molecule has 0 radical (unpaired) electrons. The minimum Gasteiger partial charge on any atom is -0.491 e. The summed E-state index contributed by atoms with van der Waals surface area (Å²) >= 11 is 5.85. The standard InChI is InChI=1S/C14H18ClN3O2/c1-18-6-5-17-14(18)9-16-8-12(19)10-20-13-4-2-3-11(15)7-13/h2-7,12,16,19H,8-10H2,1H3. The van der Waals surface area contributed by atoms with Crippen molar-refractivity contribution in [3.8, 4) is 5.75 Å². The van der Waals surface area contributed by atoms with Crippen LogP contribution < -0.4 is 10.1 Å². The Morgan fingerprint density at radius 2 is 2.35 bits per heavy atom. The summed E-state index contributed by atoms with van der Waals surface area (Å²) in [6.07, 6.45) is 3.04. The third kappa shape index (κ3) is 4.52. The second-order valence-corrected chi connectivity index (χ2v) is 4.94. The molecule has 1 atom stereocenters. The molecule has 1 unspecified atom stereocenters. The van der Waals surface area contributed by atoms with Crippen LogP contribution in [0.15, 0.2) is 36.7 Å². The Balaban J connectivity index is 1.68. The molecule has 0 saturated carbocycles. The van der Waals surface area contributed by atoms with Gasteiger partial charge in [-0.05, 0) is 18.2 Å². The highest BCUT2D eigenvalue weighted by Crippen LogP contribution is 2.17. The number of nitrogens with one attached hydrogen (secondary N) is 1. The highest BCUT2D eigenvalue weighted by Gasteiger charge is 2.06. The second-order valence-electron chi connectivity index (χ2n) is 4.51. The van der Waals surface area contributed by atoms with Gasteiger partial charge in [0.05, 0.1) is 6.54 Å². The van der Waals surface area contributed by atoms with Crippen molar-refractivity contribution in [2.24, 2.45) is 7.05 Å². The molecule has 20 heavy (non-hydrogen) atoms. The molecule has 0 bridgehead atoms. The van der Waals surface area contributed by atoms with Crippen molar-refractivity contribution in [2.75, 3.05) is 13.2 Å². The predicted molar refractivity (Wildman–Crippen MR) is 77.9 cm³/mol. The molecule has 0 saturated heterocycles. The van der Waals surface area contributed by atoms with Gasteiger partial charge in [0.2, 0.25) is 0 Å². The first-order valence-corrected chi connectivity index (χ1v) is 6.76. The zero-order chi connectivity index (χ0) is 14.4. The van der Waals surface area contributed by atoms with Gasteiger partial charge in [-0.1, -0.05) is 17.7 Å². The van der Waals surface area contributed by atoms with Gasteiger partial charge in [0.25, 0.3) is 0 Å². The lowest BCUT2D eigenvalue weighted by molar-refractivity contribution is 0.106. The molecule has 5 nitrogen and oxygen atoms in total. The Bertz CT molecular complexity index is 545. The molecule has 0 aliphatic carbocycles. The van der Waals surface area contributed by atoms with Gasteiger partial charge in [-0.25, -0.2) is 4.98 Å². The quantitative estimate of drug-likeness (QED) is 0.815. The molecule has 1 aromatic carbocycles. The summed E-state index contributed by atoms with van der Waals surface area (Å²) in [7, 11) is 1.93. The van der Waals surface area contributed by atoms with Gasteiger partial charge in [0, 0.05) is 31.0 Å². The molecule has 108 valence electrons. The molecular weight excluding hydrogens is 278 g/mol. The van der Waals surface area contributed by atoms with E-state index < -0.39 is 6.10 Å². The Kier molecular flexibility index (Phi) is 5.40. The van der Waals surface area contributed by atoms with Gasteiger partial charge in [-0.2, -0.15) is 0 Å². The Morgan fingerprint density at radius 3 is 3.05 bits per heavy atom. The Morgan fingerprint density at radius 1 is 1.50 bits per heavy atom. The number of benzene rings is 1. The summed E-state index contributed by atoms with van der Waals surface area (Å²) in [5.41, 5.74) is 0. The minimum atomic E-state index is -0.589. The number of hydrogen-bond acceptors (Lipinski definition) is 4. The van der Waals surface area contributed by atoms with E-state index in [0.717, 1.165) is 5.82 Å². The van der Waals surface area contributed by atoms with Crippen LogP contribution >= 0.6 is 11.6 Å². The van der Waals surface area contributed by atoms with E-state index in [1.54, 1.807) is 24.4 Å². The number of ether oxygens (including phenoxy) is 1. The van der Waals surface area contributed by atoms with E-state index in [2.05, 4.69) is 10.3 Å². The van der Waals surface area contributed by atoms with E-state index in [4.69, 9.17) is 16.3 Å². The van der Waals surface area contributed by atoms with Crippen LogP contribution in [0.25, 0.3) is 0 Å². The molecule has 2 rings (SSSR count). The third-order valence-corrected chi connectivity index (χ3v) is 3.06. The van der Waals surface area contributed by atoms with Gasteiger partial charge < -0.3 is 19.7 Å². The van der Waals surface area contributed by atoms with Gasteiger partial charge in [-0.15, -0.1) is 0 Å². The second kappa shape index (κ2) is 7.28. The molecular formula is C14H18ClN3O2. The third-order valence-electron chi connectivity index (χ3n) is 2.82. The van der Waals surface area contributed by atoms with Crippen LogP contribution in [0.2, 0.25) is 5.02 Å². The maximum atomic E-state index is 9.83. The maximum absolute atomic E-state index is 9.83. The van der Waals surface area contributed by atoms with Crippen molar-refractivity contribution in [1.29, 1.82) is 0 Å². The number of aliphatic hydroxyl groups is 1. The van der Waals surface area contributed by atoms with Crippen molar-refractivity contribution in [2.45, 2.75) is 12.6 Å². The summed E-state index contributed by atoms with van der Waals surface area (Å²) in [4.78, 5) is 4.19. The first-order valence-electron chi connectivity index (χ1n) is 6.38. The average molecular weight is 296 g/mol. The van der Waals surface area contributed by atoms with Crippen molar-refractivity contribution in [3.05, 3.63) is 47.5 Å². The number of rotatable bonds is 7. The highest BCUT2D eigenvalue weighted by atomic mass is 35.5. The van der Waals surface area contributed by atoms with Crippen molar-refractivity contribution >= 4 is 11.6 Å². The normalized spacial score (nSPS) is 12.3. The van der Waals surface area contributed by atoms with Gasteiger partial charge in [-0.3, -0.25) is 0 Å². The zero-order valence-electron chi connectivity index (χ0n) is 11.3. The number of imidazole rings is 1. The fourth-order valence-corrected chi connectivity index (χ4v) is 1.91. The zero-order valence-corrected chi connectivity index (χ0v) is 12.0. The van der Waals surface area contributed by atoms with E-state index in [-0.39, 0.29) is 6.61 Å². The molecule has 2 N–H and O–H groups in total. The maximum Gasteiger partial charge on any atom is 0.122 e. The summed E-state index contributed by atoms with van der Waals surface area (Å²) in [5.74, 6) is 1.58. The number of aryl methyl sites for hydroxylation is 1. The molecule has 0 amide bonds. The molecule has 6 heteroatoms. The smallest absolute Gasteiger partial charge is 0.122 e. The fraction of sp³-hybridized carbons (Fsp3) is 0.357. The van der Waals surface area contributed by atoms with E-state index in [0.29, 0.717) is 23.9 Å². The topological polar surface area (TPSA) is 59.3 Å². The summed E-state index contributed by atoms with van der Waals surface area (Å²) in [6.45, 7) is 1.26. The summed E-state index contributed by atoms with van der Waals surface area (Å²) < 4.78 is 7.40. The van der Waals surface area contributed by atoms with E-state index in [1.807, 2.05) is 23.9 Å². The van der Waals surface area contributed by atoms with Crippen molar-refractivity contribution < 1.29 is 9.84 Å². The number of aliphatic hydroxyl groups excluding tert-OH is 1. The minimum absolute atomic E-state index is 0.216. The number of nitrogens with zero attached hydrogens (tertiary/aromatic N) is 2. The van der Waals surface area contributed by atoms with Crippen LogP contribution in [0.3, 0.4) is 0 Å². The van der Waals surface area contributed by atoms with Crippen LogP contribution in [0, 0.1) is 0 Å². The molecule has 0 fully saturated rings. The molecule has 2 aromatic rings.